The van der Waals surface area contributed by atoms with Gasteiger partial charge in [-0.1, -0.05) is 24.3 Å². The van der Waals surface area contributed by atoms with Crippen molar-refractivity contribution in [3.05, 3.63) is 46.5 Å². The molecule has 0 aliphatic rings. The minimum atomic E-state index is 0.982. The zero-order chi connectivity index (χ0) is 15.6. The molecule has 0 N–H and O–H groups in total. The lowest BCUT2D eigenvalue weighted by Gasteiger charge is -2.24. The second-order valence-corrected chi connectivity index (χ2v) is 6.59. The minimum absolute atomic E-state index is 0.982. The molecule has 0 radical (unpaired) electrons. The minimum Gasteiger partial charge on any atom is -0.496 e. The fourth-order valence-electron chi connectivity index (χ4n) is 2.78. The maximum Gasteiger partial charge on any atom is 0.124 e. The van der Waals surface area contributed by atoms with Crippen LogP contribution in [0.25, 0.3) is 0 Å². The third-order valence-electron chi connectivity index (χ3n) is 3.56. The molecule has 112 valence electrons. The molecule has 0 fully saturated rings. The molecule has 0 heterocycles. The Morgan fingerprint density at radius 1 is 0.619 bits per heavy atom. The van der Waals surface area contributed by atoms with Crippen molar-refractivity contribution in [2.45, 2.75) is 27.7 Å². The molecule has 0 bridgehead atoms. The van der Waals surface area contributed by atoms with Crippen LogP contribution >= 0.6 is 8.58 Å². The van der Waals surface area contributed by atoms with E-state index in [1.54, 1.807) is 14.2 Å². The second-order valence-electron chi connectivity index (χ2n) is 5.34. The molecule has 0 aliphatic carbocycles. The Morgan fingerprint density at radius 3 is 1.14 bits per heavy atom. The first-order chi connectivity index (χ1) is 9.96. The average molecular weight is 301 g/mol. The second kappa shape index (κ2) is 6.49. The third kappa shape index (κ3) is 3.39. The lowest BCUT2D eigenvalue weighted by Crippen LogP contribution is -2.08. The highest BCUT2D eigenvalue weighted by molar-refractivity contribution is 7.55. The predicted octanol–water partition coefficient (Wildman–Crippen LogP) is 3.83. The van der Waals surface area contributed by atoms with Crippen LogP contribution in [0.1, 0.15) is 22.3 Å². The van der Waals surface area contributed by atoms with Gasteiger partial charge in [-0.3, -0.25) is 0 Å². The summed E-state index contributed by atoms with van der Waals surface area (Å²) in [5.74, 6) is 1.96. The summed E-state index contributed by atoms with van der Waals surface area (Å²) in [5.41, 5.74) is 4.73. The average Bonchev–Trinajstić information content (AvgIpc) is 2.38. The Kier molecular flexibility index (Phi) is 4.90. The van der Waals surface area contributed by atoms with Gasteiger partial charge in [0, 0.05) is 0 Å². The number of ether oxygens (including phenoxy) is 2. The van der Waals surface area contributed by atoms with E-state index < -0.39 is 0 Å². The highest BCUT2D eigenvalue weighted by atomic mass is 31.1. The van der Waals surface area contributed by atoms with E-state index in [4.69, 9.17) is 9.47 Å². The molecule has 0 saturated heterocycles. The normalized spacial score (nSPS) is 10.6. The van der Waals surface area contributed by atoms with Crippen LogP contribution in [0, 0.1) is 27.7 Å². The van der Waals surface area contributed by atoms with Crippen molar-refractivity contribution >= 4 is 19.2 Å². The van der Waals surface area contributed by atoms with E-state index in [-0.39, 0.29) is 0 Å². The summed E-state index contributed by atoms with van der Waals surface area (Å²) in [5, 5.41) is 2.57. The van der Waals surface area contributed by atoms with Crippen molar-refractivity contribution in [2.75, 3.05) is 14.2 Å². The van der Waals surface area contributed by atoms with E-state index >= 15 is 0 Å². The summed E-state index contributed by atoms with van der Waals surface area (Å²) in [6, 6.07) is 8.79. The van der Waals surface area contributed by atoms with Crippen LogP contribution < -0.4 is 20.1 Å². The van der Waals surface area contributed by atoms with E-state index in [9.17, 15) is 0 Å². The van der Waals surface area contributed by atoms with Crippen LogP contribution in [-0.2, 0) is 0 Å². The molecule has 3 heteroatoms. The summed E-state index contributed by atoms with van der Waals surface area (Å²) < 4.78 is 10.9. The Hall–Kier alpha value is -1.53. The first-order valence-electron chi connectivity index (χ1n) is 6.98. The molecule has 2 aromatic carbocycles. The molecule has 0 aromatic heterocycles. The van der Waals surface area contributed by atoms with Gasteiger partial charge >= 0.3 is 0 Å². The lowest BCUT2D eigenvalue weighted by molar-refractivity contribution is 0.408. The Morgan fingerprint density at radius 2 is 0.905 bits per heavy atom. The summed E-state index contributed by atoms with van der Waals surface area (Å²) in [6.07, 6.45) is 0. The molecule has 2 nitrogen and oxygen atoms in total. The van der Waals surface area contributed by atoms with Crippen molar-refractivity contribution < 1.29 is 9.47 Å². The number of benzene rings is 2. The van der Waals surface area contributed by atoms with Crippen LogP contribution in [0.15, 0.2) is 24.3 Å². The van der Waals surface area contributed by atoms with Gasteiger partial charge < -0.3 is 18.1 Å². The van der Waals surface area contributed by atoms with Crippen molar-refractivity contribution in [1.82, 2.24) is 0 Å². The predicted molar refractivity (Wildman–Crippen MR) is 91.1 cm³/mol. The summed E-state index contributed by atoms with van der Waals surface area (Å²) in [4.78, 5) is 0. The number of rotatable bonds is 4. The highest BCUT2D eigenvalue weighted by Crippen LogP contribution is 2.27. The van der Waals surface area contributed by atoms with Gasteiger partial charge in [0.25, 0.3) is 0 Å². The van der Waals surface area contributed by atoms with Gasteiger partial charge in [0.15, 0.2) is 0 Å². The van der Waals surface area contributed by atoms with E-state index in [1.807, 2.05) is 0 Å². The molecule has 0 unspecified atom stereocenters. The largest absolute Gasteiger partial charge is 0.496 e. The fraction of sp³-hybridized carbons (Fsp3) is 0.333. The van der Waals surface area contributed by atoms with Crippen LogP contribution in [0.4, 0.5) is 0 Å². The fourth-order valence-corrected chi connectivity index (χ4v) is 4.11. The van der Waals surface area contributed by atoms with E-state index in [2.05, 4.69) is 52.0 Å². The maximum atomic E-state index is 5.43. The molecule has 0 atom stereocenters. The summed E-state index contributed by atoms with van der Waals surface area (Å²) >= 11 is 0. The van der Waals surface area contributed by atoms with Gasteiger partial charge in [-0.2, -0.15) is 10.6 Å². The third-order valence-corrected chi connectivity index (χ3v) is 4.59. The Labute approximate surface area is 129 Å². The Balaban J connectivity index is 2.35. The molecule has 2 aromatic rings. The number of hydrogen-bond donors (Lipinski definition) is 0. The summed E-state index contributed by atoms with van der Waals surface area (Å²) in [7, 11) is 4.66. The lowest BCUT2D eigenvalue weighted by atomic mass is 10.1. The molecular formula is C18H22O2P-. The number of methoxy groups -OCH3 is 2. The monoisotopic (exact) mass is 301 g/mol. The zero-order valence-corrected chi connectivity index (χ0v) is 14.5. The van der Waals surface area contributed by atoms with Crippen molar-refractivity contribution in [3.63, 3.8) is 0 Å². The van der Waals surface area contributed by atoms with Gasteiger partial charge in [0.1, 0.15) is 11.5 Å². The van der Waals surface area contributed by atoms with Crippen LogP contribution in [0.2, 0.25) is 0 Å². The quantitative estimate of drug-likeness (QED) is 0.799. The van der Waals surface area contributed by atoms with E-state index in [1.165, 1.54) is 41.4 Å². The molecule has 0 amide bonds. The van der Waals surface area contributed by atoms with Gasteiger partial charge in [0.05, 0.1) is 14.2 Å². The molecular weight excluding hydrogens is 279 g/mol. The smallest absolute Gasteiger partial charge is 0.124 e. The SMILES string of the molecule is COc1c(C)cc([P-]c2cc(C)c(OC)c(C)c2)cc1C. The first kappa shape index (κ1) is 15.9. The Bertz CT molecular complexity index is 559. The first-order valence-corrected chi connectivity index (χ1v) is 7.88. The number of hydrogen-bond acceptors (Lipinski definition) is 2. The van der Waals surface area contributed by atoms with E-state index in [0.717, 1.165) is 11.5 Å². The van der Waals surface area contributed by atoms with Gasteiger partial charge in [-0.25, -0.2) is 0 Å². The highest BCUT2D eigenvalue weighted by Gasteiger charge is 2.03. The van der Waals surface area contributed by atoms with Crippen LogP contribution in [0.3, 0.4) is 0 Å². The summed E-state index contributed by atoms with van der Waals surface area (Å²) in [6.45, 7) is 8.37. The van der Waals surface area contributed by atoms with Crippen LogP contribution in [0.5, 0.6) is 11.5 Å². The molecule has 0 saturated carbocycles. The molecule has 21 heavy (non-hydrogen) atoms. The topological polar surface area (TPSA) is 18.5 Å². The van der Waals surface area contributed by atoms with Crippen molar-refractivity contribution in [1.29, 1.82) is 0 Å². The molecule has 0 spiro atoms. The van der Waals surface area contributed by atoms with Crippen molar-refractivity contribution in [3.8, 4) is 11.5 Å². The van der Waals surface area contributed by atoms with Crippen LogP contribution in [-0.4, -0.2) is 14.2 Å². The molecule has 0 aliphatic heterocycles. The van der Waals surface area contributed by atoms with Gasteiger partial charge in [0.2, 0.25) is 0 Å². The maximum absolute atomic E-state index is 5.43. The van der Waals surface area contributed by atoms with Gasteiger partial charge in [-0.05, 0) is 49.9 Å². The standard InChI is InChI=1S/C18H22O2P/c1-11-7-15(8-12(2)17(11)19-5)21-16-9-13(3)18(20-6)14(4)10-16/h7-10H,1-6H3/q-1. The zero-order valence-electron chi connectivity index (χ0n) is 13.6. The molecule has 2 rings (SSSR count). The van der Waals surface area contributed by atoms with Crippen molar-refractivity contribution in [2.24, 2.45) is 0 Å². The van der Waals surface area contributed by atoms with Gasteiger partial charge in [-0.15, -0.1) is 0 Å². The number of aryl methyl sites for hydroxylation is 4. The van der Waals surface area contributed by atoms with E-state index in [0.29, 0.717) is 0 Å².